The number of carbonyl (C=O) groups is 1. The van der Waals surface area contributed by atoms with Gasteiger partial charge in [0.15, 0.2) is 5.03 Å². The minimum atomic E-state index is -0.886. The van der Waals surface area contributed by atoms with Crippen LogP contribution in [-0.2, 0) is 4.79 Å². The van der Waals surface area contributed by atoms with Gasteiger partial charge >= 0.3 is 11.7 Å². The lowest BCUT2D eigenvalue weighted by atomic mass is 10.4. The molecule has 0 radical (unpaired) electrons. The van der Waals surface area contributed by atoms with E-state index in [2.05, 4.69) is 4.98 Å². The molecule has 0 aromatic carbocycles. The molecule has 0 bridgehead atoms. The van der Waals surface area contributed by atoms with Crippen LogP contribution >= 0.6 is 21.6 Å². The molecule has 0 amide bonds. The first-order valence-corrected chi connectivity index (χ1v) is 6.54. The van der Waals surface area contributed by atoms with Crippen molar-refractivity contribution in [3.63, 3.8) is 0 Å². The van der Waals surface area contributed by atoms with Crippen LogP contribution in [0.2, 0.25) is 0 Å². The van der Waals surface area contributed by atoms with E-state index in [0.29, 0.717) is 10.8 Å². The van der Waals surface area contributed by atoms with Crippen molar-refractivity contribution in [3.05, 3.63) is 28.4 Å². The summed E-state index contributed by atoms with van der Waals surface area (Å²) in [6.07, 6.45) is 1.49. The van der Waals surface area contributed by atoms with Gasteiger partial charge in [-0.25, -0.2) is 4.98 Å². The first-order valence-electron chi connectivity index (χ1n) is 4.22. The fourth-order valence-electron chi connectivity index (χ4n) is 0.812. The van der Waals surface area contributed by atoms with E-state index in [1.807, 2.05) is 0 Å². The summed E-state index contributed by atoms with van der Waals surface area (Å²) in [5, 5.41) is 19.3. The Morgan fingerprint density at radius 3 is 3.00 bits per heavy atom. The highest BCUT2D eigenvalue weighted by atomic mass is 33.1. The van der Waals surface area contributed by atoms with Crippen LogP contribution in [0.5, 0.6) is 0 Å². The fraction of sp³-hybridized carbons (Fsp3) is 0.250. The molecule has 0 fully saturated rings. The van der Waals surface area contributed by atoms with Crippen molar-refractivity contribution in [1.29, 1.82) is 0 Å². The molecule has 1 aromatic heterocycles. The van der Waals surface area contributed by atoms with Crippen LogP contribution in [-0.4, -0.2) is 26.7 Å². The second-order valence-corrected chi connectivity index (χ2v) is 5.04. The van der Waals surface area contributed by atoms with Gasteiger partial charge in [-0.2, -0.15) is 0 Å². The molecule has 0 aliphatic heterocycles. The number of carboxylic acid groups (broad SMARTS) is 1. The van der Waals surface area contributed by atoms with Crippen LogP contribution in [0, 0.1) is 10.1 Å². The highest BCUT2D eigenvalue weighted by Gasteiger charge is 2.14. The lowest BCUT2D eigenvalue weighted by Gasteiger charge is -1.99. The highest BCUT2D eigenvalue weighted by molar-refractivity contribution is 8.76. The summed E-state index contributed by atoms with van der Waals surface area (Å²) in [4.78, 5) is 24.2. The van der Waals surface area contributed by atoms with Gasteiger partial charge in [0.05, 0.1) is 11.3 Å². The molecule has 1 N–H and O–H groups in total. The Kier molecular flexibility index (Phi) is 5.06. The van der Waals surface area contributed by atoms with Crippen LogP contribution in [0.4, 0.5) is 5.69 Å². The Morgan fingerprint density at radius 2 is 2.38 bits per heavy atom. The molecule has 16 heavy (non-hydrogen) atoms. The fourth-order valence-corrected chi connectivity index (χ4v) is 2.82. The Morgan fingerprint density at radius 1 is 1.62 bits per heavy atom. The van der Waals surface area contributed by atoms with Crippen molar-refractivity contribution >= 4 is 33.2 Å². The number of pyridine rings is 1. The van der Waals surface area contributed by atoms with E-state index in [4.69, 9.17) is 5.11 Å². The molecule has 0 unspecified atom stereocenters. The number of nitrogens with zero attached hydrogens (tertiary/aromatic N) is 2. The van der Waals surface area contributed by atoms with Gasteiger partial charge in [-0.05, 0) is 16.9 Å². The molecule has 86 valence electrons. The van der Waals surface area contributed by atoms with Crippen molar-refractivity contribution < 1.29 is 14.8 Å². The maximum absolute atomic E-state index is 10.6. The number of carboxylic acids is 1. The van der Waals surface area contributed by atoms with Gasteiger partial charge in [-0.3, -0.25) is 14.9 Å². The molecule has 0 atom stereocenters. The van der Waals surface area contributed by atoms with Gasteiger partial charge < -0.3 is 5.11 Å². The number of hydrogen-bond acceptors (Lipinski definition) is 6. The van der Waals surface area contributed by atoms with Crippen molar-refractivity contribution in [2.75, 3.05) is 5.75 Å². The predicted molar refractivity (Wildman–Crippen MR) is 61.5 cm³/mol. The monoisotopic (exact) mass is 260 g/mol. The van der Waals surface area contributed by atoms with E-state index in [1.54, 1.807) is 0 Å². The summed E-state index contributed by atoms with van der Waals surface area (Å²) in [7, 11) is 2.35. The molecule has 8 heteroatoms. The van der Waals surface area contributed by atoms with Gasteiger partial charge in [0.25, 0.3) is 0 Å². The van der Waals surface area contributed by atoms with Crippen LogP contribution in [0.1, 0.15) is 6.42 Å². The van der Waals surface area contributed by atoms with E-state index >= 15 is 0 Å². The zero-order valence-corrected chi connectivity index (χ0v) is 9.66. The van der Waals surface area contributed by atoms with Crippen LogP contribution in [0.15, 0.2) is 23.4 Å². The molecular formula is C8H8N2O4S2. The molecular weight excluding hydrogens is 252 g/mol. The van der Waals surface area contributed by atoms with Crippen molar-refractivity contribution in [2.24, 2.45) is 0 Å². The first-order chi connectivity index (χ1) is 7.61. The lowest BCUT2D eigenvalue weighted by molar-refractivity contribution is -0.388. The standard InChI is InChI=1S/C8H8N2O4S2/c11-7(12)3-5-15-16-8-6(10(13)14)2-1-4-9-8/h1-2,4H,3,5H2,(H,11,12). The zero-order valence-electron chi connectivity index (χ0n) is 8.03. The van der Waals surface area contributed by atoms with E-state index < -0.39 is 10.9 Å². The smallest absolute Gasteiger partial charge is 0.304 e. The molecule has 1 aromatic rings. The van der Waals surface area contributed by atoms with Gasteiger partial charge in [-0.15, -0.1) is 0 Å². The summed E-state index contributed by atoms with van der Waals surface area (Å²) in [6, 6.07) is 2.86. The molecule has 0 saturated heterocycles. The topological polar surface area (TPSA) is 93.3 Å². The SMILES string of the molecule is O=C(O)CCSSc1ncccc1[N+](=O)[O-]. The van der Waals surface area contributed by atoms with Crippen molar-refractivity contribution in [3.8, 4) is 0 Å². The number of hydrogen-bond donors (Lipinski definition) is 1. The molecule has 0 aliphatic rings. The minimum absolute atomic E-state index is 0.0261. The average Bonchev–Trinajstić information content (AvgIpc) is 2.24. The summed E-state index contributed by atoms with van der Waals surface area (Å²) < 4.78 is 0. The predicted octanol–water partition coefficient (Wildman–Crippen LogP) is 2.20. The van der Waals surface area contributed by atoms with Crippen molar-refractivity contribution in [2.45, 2.75) is 11.4 Å². The molecule has 1 rings (SSSR count). The van der Waals surface area contributed by atoms with Crippen LogP contribution < -0.4 is 0 Å². The maximum Gasteiger partial charge on any atom is 0.304 e. The number of aromatic nitrogens is 1. The minimum Gasteiger partial charge on any atom is -0.481 e. The van der Waals surface area contributed by atoms with Gasteiger partial charge in [0.2, 0.25) is 0 Å². The second-order valence-electron chi connectivity index (χ2n) is 2.63. The summed E-state index contributed by atoms with van der Waals surface area (Å²) in [5.74, 6) is -0.503. The van der Waals surface area contributed by atoms with E-state index in [9.17, 15) is 14.9 Å². The Bertz CT molecular complexity index is 399. The summed E-state index contributed by atoms with van der Waals surface area (Å²) >= 11 is 0. The zero-order chi connectivity index (χ0) is 12.0. The third-order valence-corrected chi connectivity index (χ3v) is 3.77. The summed E-state index contributed by atoms with van der Waals surface area (Å²) in [6.45, 7) is 0. The Labute approximate surface area is 99.0 Å². The number of nitro groups is 1. The Balaban J connectivity index is 2.53. The third-order valence-electron chi connectivity index (χ3n) is 1.48. The third kappa shape index (κ3) is 4.07. The molecule has 6 nitrogen and oxygen atoms in total. The van der Waals surface area contributed by atoms with E-state index in [1.165, 1.54) is 29.1 Å². The molecule has 0 saturated carbocycles. The maximum atomic E-state index is 10.6. The summed E-state index contributed by atoms with van der Waals surface area (Å²) in [5.41, 5.74) is -0.0599. The van der Waals surface area contributed by atoms with E-state index in [0.717, 1.165) is 10.8 Å². The Hall–Kier alpha value is -1.28. The first kappa shape index (κ1) is 12.8. The molecule has 0 aliphatic carbocycles. The lowest BCUT2D eigenvalue weighted by Crippen LogP contribution is -1.95. The van der Waals surface area contributed by atoms with Gasteiger partial charge in [-0.1, -0.05) is 10.8 Å². The number of rotatable bonds is 6. The molecule has 0 spiro atoms. The average molecular weight is 260 g/mol. The van der Waals surface area contributed by atoms with Crippen LogP contribution in [0.3, 0.4) is 0 Å². The second kappa shape index (κ2) is 6.33. The van der Waals surface area contributed by atoms with Crippen LogP contribution in [0.25, 0.3) is 0 Å². The largest absolute Gasteiger partial charge is 0.481 e. The van der Waals surface area contributed by atoms with Gasteiger partial charge in [0.1, 0.15) is 0 Å². The quantitative estimate of drug-likeness (QED) is 0.362. The number of aliphatic carboxylic acids is 1. The van der Waals surface area contributed by atoms with E-state index in [-0.39, 0.29) is 12.1 Å². The normalized spacial score (nSPS) is 10.0. The highest BCUT2D eigenvalue weighted by Crippen LogP contribution is 2.35. The van der Waals surface area contributed by atoms with Crippen molar-refractivity contribution in [1.82, 2.24) is 4.98 Å². The molecule has 1 heterocycles. The van der Waals surface area contributed by atoms with Gasteiger partial charge in [0, 0.05) is 18.0 Å².